The van der Waals surface area contributed by atoms with Crippen molar-refractivity contribution < 1.29 is 10.2 Å². The molecule has 0 aromatic carbocycles. The predicted octanol–water partition coefficient (Wildman–Crippen LogP) is 1.98. The quantitative estimate of drug-likeness (QED) is 0.880. The van der Waals surface area contributed by atoms with E-state index in [9.17, 15) is 10.2 Å². The second-order valence-corrected chi connectivity index (χ2v) is 5.15. The fourth-order valence-electron chi connectivity index (χ4n) is 2.21. The first kappa shape index (κ1) is 13.6. The van der Waals surface area contributed by atoms with E-state index in [0.717, 1.165) is 0 Å². The Kier molecular flexibility index (Phi) is 3.64. The molecule has 2 aromatic rings. The molecule has 100 valence electrons. The van der Waals surface area contributed by atoms with Crippen molar-refractivity contribution in [2.24, 2.45) is 0 Å². The highest BCUT2D eigenvalue weighted by Crippen LogP contribution is 2.33. The number of aliphatic hydroxyl groups is 2. The molecule has 2 rings (SSSR count). The highest BCUT2D eigenvalue weighted by atomic mass is 16.3. The Labute approximate surface area is 112 Å². The van der Waals surface area contributed by atoms with Crippen molar-refractivity contribution in [3.05, 3.63) is 60.2 Å². The van der Waals surface area contributed by atoms with Gasteiger partial charge in [0.25, 0.3) is 0 Å². The van der Waals surface area contributed by atoms with E-state index >= 15 is 0 Å². The van der Waals surface area contributed by atoms with E-state index in [1.807, 2.05) is 12.1 Å². The minimum absolute atomic E-state index is 0.119. The molecule has 0 unspecified atom stereocenters. The molecular weight excluding hydrogens is 240 g/mol. The van der Waals surface area contributed by atoms with Crippen LogP contribution in [0, 0.1) is 0 Å². The summed E-state index contributed by atoms with van der Waals surface area (Å²) in [6.45, 7) is 3.29. The fraction of sp³-hybridized carbons (Fsp3) is 0.333. The van der Waals surface area contributed by atoms with Crippen LogP contribution in [0.3, 0.4) is 0 Å². The molecule has 4 nitrogen and oxygen atoms in total. The van der Waals surface area contributed by atoms with Crippen LogP contribution in [0.2, 0.25) is 0 Å². The van der Waals surface area contributed by atoms with Crippen LogP contribution in [0.15, 0.2) is 48.8 Å². The lowest BCUT2D eigenvalue weighted by molar-refractivity contribution is -0.0568. The molecule has 19 heavy (non-hydrogen) atoms. The molecule has 0 aliphatic heterocycles. The summed E-state index contributed by atoms with van der Waals surface area (Å²) in [5.41, 5.74) is -1.37. The topological polar surface area (TPSA) is 66.2 Å². The van der Waals surface area contributed by atoms with Crippen molar-refractivity contribution >= 4 is 0 Å². The highest BCUT2D eigenvalue weighted by molar-refractivity contribution is 5.17. The summed E-state index contributed by atoms with van der Waals surface area (Å²) < 4.78 is 0. The number of nitrogens with zero attached hydrogens (tertiary/aromatic N) is 2. The molecular formula is C15H18N2O2. The Bertz CT molecular complexity index is 475. The Morgan fingerprint density at radius 3 is 1.58 bits per heavy atom. The molecule has 0 saturated carbocycles. The average molecular weight is 258 g/mol. The first-order valence-electron chi connectivity index (χ1n) is 6.20. The number of hydrogen-bond acceptors (Lipinski definition) is 4. The van der Waals surface area contributed by atoms with Crippen molar-refractivity contribution in [2.45, 2.75) is 31.5 Å². The fourth-order valence-corrected chi connectivity index (χ4v) is 2.21. The van der Waals surface area contributed by atoms with Gasteiger partial charge in [0.15, 0.2) is 0 Å². The number of aromatic nitrogens is 2. The molecule has 0 saturated heterocycles. The summed E-state index contributed by atoms with van der Waals surface area (Å²) in [4.78, 5) is 8.29. The summed E-state index contributed by atoms with van der Waals surface area (Å²) >= 11 is 0. The number of pyridine rings is 2. The molecule has 0 aliphatic carbocycles. The van der Waals surface area contributed by atoms with Gasteiger partial charge in [0.2, 0.25) is 0 Å². The van der Waals surface area contributed by atoms with Crippen LogP contribution in [-0.2, 0) is 11.2 Å². The Morgan fingerprint density at radius 2 is 1.26 bits per heavy atom. The van der Waals surface area contributed by atoms with Gasteiger partial charge in [-0.3, -0.25) is 9.97 Å². The highest BCUT2D eigenvalue weighted by Gasteiger charge is 2.36. The lowest BCUT2D eigenvalue weighted by atomic mass is 9.84. The average Bonchev–Trinajstić information content (AvgIpc) is 2.40. The van der Waals surface area contributed by atoms with Gasteiger partial charge < -0.3 is 10.2 Å². The van der Waals surface area contributed by atoms with Gasteiger partial charge in [-0.1, -0.05) is 12.1 Å². The standard InChI is InChI=1S/C15H18N2O2/c1-14(18,12-7-3-5-9-16-12)11-15(2,19)13-8-4-6-10-17-13/h3-10,18-19H,11H2,1-2H3/t14-,15-/m1/s1. The lowest BCUT2D eigenvalue weighted by Crippen LogP contribution is -2.35. The first-order valence-corrected chi connectivity index (χ1v) is 6.20. The van der Waals surface area contributed by atoms with Crippen molar-refractivity contribution in [1.82, 2.24) is 9.97 Å². The minimum atomic E-state index is -1.22. The normalized spacial score (nSPS) is 17.5. The van der Waals surface area contributed by atoms with E-state index in [2.05, 4.69) is 9.97 Å². The molecule has 2 aromatic heterocycles. The van der Waals surface area contributed by atoms with E-state index in [4.69, 9.17) is 0 Å². The largest absolute Gasteiger partial charge is 0.384 e. The van der Waals surface area contributed by atoms with Crippen molar-refractivity contribution in [3.8, 4) is 0 Å². The third-order valence-corrected chi connectivity index (χ3v) is 3.12. The SMILES string of the molecule is C[C@@](O)(C[C@@](C)(O)c1ccccn1)c1ccccn1. The Hall–Kier alpha value is -1.78. The molecule has 0 aliphatic rings. The van der Waals surface area contributed by atoms with E-state index < -0.39 is 11.2 Å². The van der Waals surface area contributed by atoms with Crippen molar-refractivity contribution in [1.29, 1.82) is 0 Å². The molecule has 0 bridgehead atoms. The lowest BCUT2D eigenvalue weighted by Gasteiger charge is -2.31. The van der Waals surface area contributed by atoms with Gasteiger partial charge in [0.1, 0.15) is 11.2 Å². The second-order valence-electron chi connectivity index (χ2n) is 5.15. The van der Waals surface area contributed by atoms with E-state index in [0.29, 0.717) is 11.4 Å². The van der Waals surface area contributed by atoms with E-state index in [-0.39, 0.29) is 6.42 Å². The smallest absolute Gasteiger partial charge is 0.107 e. The Morgan fingerprint density at radius 1 is 0.842 bits per heavy atom. The molecule has 4 heteroatoms. The van der Waals surface area contributed by atoms with Crippen LogP contribution in [0.1, 0.15) is 31.7 Å². The van der Waals surface area contributed by atoms with Crippen molar-refractivity contribution in [3.63, 3.8) is 0 Å². The molecule has 0 radical (unpaired) electrons. The van der Waals surface area contributed by atoms with E-state index in [1.165, 1.54) is 0 Å². The third-order valence-electron chi connectivity index (χ3n) is 3.12. The maximum atomic E-state index is 10.5. The van der Waals surface area contributed by atoms with Gasteiger partial charge in [-0.2, -0.15) is 0 Å². The molecule has 2 atom stereocenters. The molecule has 2 heterocycles. The van der Waals surface area contributed by atoms with Gasteiger partial charge in [0.05, 0.1) is 11.4 Å². The molecule has 2 N–H and O–H groups in total. The van der Waals surface area contributed by atoms with Crippen LogP contribution >= 0.6 is 0 Å². The summed E-state index contributed by atoms with van der Waals surface area (Å²) in [6, 6.07) is 10.7. The van der Waals surface area contributed by atoms with Gasteiger partial charge in [0, 0.05) is 18.8 Å². The summed E-state index contributed by atoms with van der Waals surface area (Å²) in [7, 11) is 0. The van der Waals surface area contributed by atoms with Gasteiger partial charge in [-0.25, -0.2) is 0 Å². The number of hydrogen-bond donors (Lipinski definition) is 2. The Balaban J connectivity index is 2.25. The maximum absolute atomic E-state index is 10.5. The summed E-state index contributed by atoms with van der Waals surface area (Å²) in [5, 5.41) is 21.1. The third kappa shape index (κ3) is 3.16. The monoisotopic (exact) mass is 258 g/mol. The second kappa shape index (κ2) is 5.07. The maximum Gasteiger partial charge on any atom is 0.107 e. The van der Waals surface area contributed by atoms with Crippen LogP contribution in [0.5, 0.6) is 0 Å². The van der Waals surface area contributed by atoms with Gasteiger partial charge in [-0.05, 0) is 38.1 Å². The zero-order valence-electron chi connectivity index (χ0n) is 11.1. The summed E-state index contributed by atoms with van der Waals surface area (Å²) in [5.74, 6) is 0. The van der Waals surface area contributed by atoms with E-state index in [1.54, 1.807) is 50.5 Å². The molecule has 0 spiro atoms. The number of rotatable bonds is 4. The van der Waals surface area contributed by atoms with Crippen LogP contribution in [0.25, 0.3) is 0 Å². The van der Waals surface area contributed by atoms with Crippen molar-refractivity contribution in [2.75, 3.05) is 0 Å². The first-order chi connectivity index (χ1) is 8.92. The molecule has 0 amide bonds. The molecule has 0 fully saturated rings. The van der Waals surface area contributed by atoms with Crippen LogP contribution in [0.4, 0.5) is 0 Å². The van der Waals surface area contributed by atoms with Gasteiger partial charge in [-0.15, -0.1) is 0 Å². The zero-order valence-corrected chi connectivity index (χ0v) is 11.1. The van der Waals surface area contributed by atoms with Crippen LogP contribution < -0.4 is 0 Å². The van der Waals surface area contributed by atoms with Crippen LogP contribution in [-0.4, -0.2) is 20.2 Å². The summed E-state index contributed by atoms with van der Waals surface area (Å²) in [6.07, 6.45) is 3.37. The van der Waals surface area contributed by atoms with Gasteiger partial charge >= 0.3 is 0 Å². The predicted molar refractivity (Wildman–Crippen MR) is 72.2 cm³/mol. The minimum Gasteiger partial charge on any atom is -0.384 e. The zero-order chi connectivity index (χ0) is 13.9.